The summed E-state index contributed by atoms with van der Waals surface area (Å²) in [7, 11) is 0. The molecule has 2 aromatic rings. The summed E-state index contributed by atoms with van der Waals surface area (Å²) in [6.45, 7) is 4.88. The first-order valence-corrected chi connectivity index (χ1v) is 8.19. The minimum absolute atomic E-state index is 0.0275. The third-order valence-corrected chi connectivity index (χ3v) is 3.82. The first-order valence-electron chi connectivity index (χ1n) is 7.44. The quantitative estimate of drug-likeness (QED) is 0.604. The molecule has 0 atom stereocenters. The summed E-state index contributed by atoms with van der Waals surface area (Å²) in [5.74, 6) is -3.91. The van der Waals surface area contributed by atoms with Crippen molar-refractivity contribution < 1.29 is 18.4 Å². The molecule has 26 heavy (non-hydrogen) atoms. The lowest BCUT2D eigenvalue weighted by Gasteiger charge is -2.35. The van der Waals surface area contributed by atoms with Gasteiger partial charge in [0.15, 0.2) is 0 Å². The molecule has 2 rings (SSSR count). The van der Waals surface area contributed by atoms with Crippen molar-refractivity contribution in [3.63, 3.8) is 0 Å². The lowest BCUT2D eigenvalue weighted by atomic mass is 10.1. The van der Waals surface area contributed by atoms with Gasteiger partial charge in [0.05, 0.1) is 11.1 Å². The molecule has 0 spiro atoms. The Hall–Kier alpha value is -2.25. The maximum Gasteiger partial charge on any atom is 0.275 e. The monoisotopic (exact) mass is 401 g/mol. The van der Waals surface area contributed by atoms with Gasteiger partial charge in [0.1, 0.15) is 27.5 Å². The van der Waals surface area contributed by atoms with Gasteiger partial charge in [0.25, 0.3) is 11.8 Å². The Bertz CT molecular complexity index is 849. The number of benzene rings is 1. The third-order valence-electron chi connectivity index (χ3n) is 3.32. The molecule has 0 aliphatic heterocycles. The molecule has 0 saturated heterocycles. The van der Waals surface area contributed by atoms with Crippen molar-refractivity contribution in [3.8, 4) is 0 Å². The van der Waals surface area contributed by atoms with E-state index in [-0.39, 0.29) is 15.9 Å². The van der Waals surface area contributed by atoms with E-state index < -0.39 is 34.6 Å². The SMILES string of the molecule is CC(C)(C)N(NC(=O)c1c(F)cccc1F)C(=O)c1ccc(Cl)nc1Cl. The molecule has 9 heteroatoms. The summed E-state index contributed by atoms with van der Waals surface area (Å²) < 4.78 is 27.7. The summed E-state index contributed by atoms with van der Waals surface area (Å²) in [5.41, 5.74) is 0.483. The Balaban J connectivity index is 2.40. The molecule has 0 unspecified atom stereocenters. The van der Waals surface area contributed by atoms with E-state index in [4.69, 9.17) is 23.2 Å². The molecular formula is C17H15Cl2F2N3O2. The molecule has 0 saturated carbocycles. The average Bonchev–Trinajstić information content (AvgIpc) is 2.50. The van der Waals surface area contributed by atoms with E-state index in [1.807, 2.05) is 0 Å². The van der Waals surface area contributed by atoms with Crippen molar-refractivity contribution in [3.05, 3.63) is 63.4 Å². The van der Waals surface area contributed by atoms with Gasteiger partial charge in [-0.2, -0.15) is 0 Å². The van der Waals surface area contributed by atoms with Gasteiger partial charge in [-0.3, -0.25) is 15.0 Å². The van der Waals surface area contributed by atoms with E-state index in [0.717, 1.165) is 23.2 Å². The van der Waals surface area contributed by atoms with Crippen LogP contribution < -0.4 is 5.43 Å². The van der Waals surface area contributed by atoms with E-state index in [0.29, 0.717) is 0 Å². The number of nitrogens with one attached hydrogen (secondary N) is 1. The van der Waals surface area contributed by atoms with E-state index in [9.17, 15) is 18.4 Å². The van der Waals surface area contributed by atoms with Crippen LogP contribution in [0.2, 0.25) is 10.3 Å². The van der Waals surface area contributed by atoms with Crippen LogP contribution in [0, 0.1) is 11.6 Å². The predicted octanol–water partition coefficient (Wildman–Crippen LogP) is 4.25. The van der Waals surface area contributed by atoms with Crippen molar-refractivity contribution in [1.29, 1.82) is 0 Å². The lowest BCUT2D eigenvalue weighted by molar-refractivity contribution is 0.0355. The number of nitrogens with zero attached hydrogens (tertiary/aromatic N) is 2. The van der Waals surface area contributed by atoms with Gasteiger partial charge in [-0.25, -0.2) is 18.8 Å². The second kappa shape index (κ2) is 7.55. The number of hydrazine groups is 1. The molecule has 1 N–H and O–H groups in total. The van der Waals surface area contributed by atoms with Crippen LogP contribution in [0.4, 0.5) is 8.78 Å². The minimum Gasteiger partial charge on any atom is -0.267 e. The van der Waals surface area contributed by atoms with Crippen LogP contribution in [0.3, 0.4) is 0 Å². The van der Waals surface area contributed by atoms with Crippen LogP contribution in [0.5, 0.6) is 0 Å². The second-order valence-corrected chi connectivity index (χ2v) is 7.07. The summed E-state index contributed by atoms with van der Waals surface area (Å²) in [5, 5.41) is 0.854. The number of hydrogen-bond donors (Lipinski definition) is 1. The van der Waals surface area contributed by atoms with Crippen LogP contribution in [0.25, 0.3) is 0 Å². The highest BCUT2D eigenvalue weighted by molar-refractivity contribution is 6.34. The van der Waals surface area contributed by atoms with Crippen molar-refractivity contribution in [2.45, 2.75) is 26.3 Å². The number of rotatable bonds is 2. The minimum atomic E-state index is -1.11. The molecule has 0 aliphatic carbocycles. The van der Waals surface area contributed by atoms with Gasteiger partial charge in [0.2, 0.25) is 0 Å². The van der Waals surface area contributed by atoms with Gasteiger partial charge in [-0.05, 0) is 45.0 Å². The number of hydrogen-bond acceptors (Lipinski definition) is 3. The maximum absolute atomic E-state index is 13.8. The van der Waals surface area contributed by atoms with Gasteiger partial charge in [-0.1, -0.05) is 29.3 Å². The molecule has 5 nitrogen and oxygen atoms in total. The Morgan fingerprint density at radius 2 is 1.65 bits per heavy atom. The van der Waals surface area contributed by atoms with Gasteiger partial charge >= 0.3 is 0 Å². The number of aromatic nitrogens is 1. The number of carbonyl (C=O) groups is 2. The molecule has 1 aromatic heterocycles. The molecule has 1 heterocycles. The largest absolute Gasteiger partial charge is 0.275 e. The number of amides is 2. The van der Waals surface area contributed by atoms with E-state index in [2.05, 4.69) is 10.4 Å². The Labute approximate surface area is 158 Å². The zero-order chi connectivity index (χ0) is 19.6. The highest BCUT2D eigenvalue weighted by Gasteiger charge is 2.32. The van der Waals surface area contributed by atoms with Gasteiger partial charge in [-0.15, -0.1) is 0 Å². The van der Waals surface area contributed by atoms with Crippen LogP contribution >= 0.6 is 23.2 Å². The normalized spacial score (nSPS) is 11.2. The molecule has 138 valence electrons. The lowest BCUT2D eigenvalue weighted by Crippen LogP contribution is -2.56. The smallest absolute Gasteiger partial charge is 0.267 e. The summed E-state index contributed by atoms with van der Waals surface area (Å²) in [6, 6.07) is 5.73. The Kier molecular flexibility index (Phi) is 5.83. The maximum atomic E-state index is 13.8. The summed E-state index contributed by atoms with van der Waals surface area (Å²) in [4.78, 5) is 29.0. The fourth-order valence-corrected chi connectivity index (χ4v) is 2.51. The van der Waals surface area contributed by atoms with Crippen LogP contribution in [-0.4, -0.2) is 27.3 Å². The number of carbonyl (C=O) groups excluding carboxylic acids is 2. The summed E-state index contributed by atoms with van der Waals surface area (Å²) in [6.07, 6.45) is 0. The Morgan fingerprint density at radius 1 is 1.08 bits per heavy atom. The van der Waals surface area contributed by atoms with Crippen molar-refractivity contribution >= 4 is 35.0 Å². The predicted molar refractivity (Wildman–Crippen MR) is 94.0 cm³/mol. The standard InChI is InChI=1S/C17H15Cl2F2N3O2/c1-17(2,3)24(16(26)9-7-8-12(18)22-14(9)19)23-15(25)13-10(20)5-4-6-11(13)21/h4-8H,1-3H3,(H,23,25). The zero-order valence-corrected chi connectivity index (χ0v) is 15.6. The van der Waals surface area contributed by atoms with Crippen LogP contribution in [0.1, 0.15) is 41.5 Å². The molecule has 0 aliphatic rings. The van der Waals surface area contributed by atoms with Gasteiger partial charge in [0, 0.05) is 0 Å². The number of pyridine rings is 1. The topological polar surface area (TPSA) is 62.3 Å². The molecule has 1 aromatic carbocycles. The van der Waals surface area contributed by atoms with E-state index in [1.54, 1.807) is 20.8 Å². The molecular weight excluding hydrogens is 387 g/mol. The number of halogens is 4. The van der Waals surface area contributed by atoms with Crippen molar-refractivity contribution in [2.75, 3.05) is 0 Å². The molecule has 0 fully saturated rings. The molecule has 0 bridgehead atoms. The third kappa shape index (κ3) is 4.28. The van der Waals surface area contributed by atoms with Crippen molar-refractivity contribution in [2.24, 2.45) is 0 Å². The van der Waals surface area contributed by atoms with Crippen molar-refractivity contribution in [1.82, 2.24) is 15.4 Å². The van der Waals surface area contributed by atoms with E-state index in [1.165, 1.54) is 12.1 Å². The summed E-state index contributed by atoms with van der Waals surface area (Å²) >= 11 is 11.7. The fraction of sp³-hybridized carbons (Fsp3) is 0.235. The molecule has 0 radical (unpaired) electrons. The fourth-order valence-electron chi connectivity index (χ4n) is 2.09. The first kappa shape index (κ1) is 20.1. The second-order valence-electron chi connectivity index (χ2n) is 6.32. The zero-order valence-electron chi connectivity index (χ0n) is 14.1. The molecule has 2 amide bonds. The highest BCUT2D eigenvalue weighted by Crippen LogP contribution is 2.22. The first-order chi connectivity index (χ1) is 12.0. The Morgan fingerprint density at radius 3 is 2.15 bits per heavy atom. The average molecular weight is 402 g/mol. The highest BCUT2D eigenvalue weighted by atomic mass is 35.5. The van der Waals surface area contributed by atoms with Crippen LogP contribution in [-0.2, 0) is 0 Å². The van der Waals surface area contributed by atoms with Gasteiger partial charge < -0.3 is 0 Å². The van der Waals surface area contributed by atoms with E-state index >= 15 is 0 Å². The van der Waals surface area contributed by atoms with Crippen LogP contribution in [0.15, 0.2) is 30.3 Å².